The average Bonchev–Trinajstić information content (AvgIpc) is 3.22. The summed E-state index contributed by atoms with van der Waals surface area (Å²) in [5.41, 5.74) is 8.56. The SMILES string of the molecule is CCN1CCN(C(=O)NC(C(=O)NCC(C)(C)[Si](ONC2S[C@@H]3CC(=O)N3C(C(=O)O)=C2COC(N)=O)(c2ccccc2)c2ccccc2)c2ccccc2)C(=O)C1=O. The summed E-state index contributed by atoms with van der Waals surface area (Å²) in [6.07, 6.45) is -1.05. The van der Waals surface area contributed by atoms with Crippen molar-refractivity contribution in [2.24, 2.45) is 5.73 Å². The number of β-lactam (4-membered cyclic amide) rings is 1. The number of fused-ring (bicyclic) bond motifs is 1. The molecule has 19 heteroatoms. The third-order valence-corrected chi connectivity index (χ3v) is 16.7. The minimum atomic E-state index is -3.69. The molecule has 3 aromatic rings. The molecule has 59 heavy (non-hydrogen) atoms. The monoisotopic (exact) mass is 843 g/mol. The molecule has 2 fully saturated rings. The summed E-state index contributed by atoms with van der Waals surface area (Å²) in [7, 11) is -3.69. The molecule has 2 saturated heterocycles. The van der Waals surface area contributed by atoms with E-state index in [9.17, 15) is 38.7 Å². The number of amides is 7. The highest BCUT2D eigenvalue weighted by atomic mass is 32.2. The van der Waals surface area contributed by atoms with E-state index in [2.05, 4.69) is 16.1 Å². The van der Waals surface area contributed by atoms with E-state index in [0.29, 0.717) is 12.1 Å². The Bertz CT molecular complexity index is 2100. The zero-order valence-corrected chi connectivity index (χ0v) is 34.4. The number of carboxylic acid groups (broad SMARTS) is 1. The maximum Gasteiger partial charge on any atom is 0.404 e. The molecule has 6 rings (SSSR count). The molecule has 310 valence electrons. The number of hydrogen-bond donors (Lipinski definition) is 5. The molecule has 0 radical (unpaired) electrons. The number of hydroxylamine groups is 1. The lowest BCUT2D eigenvalue weighted by Crippen LogP contribution is -2.71. The molecule has 3 aliphatic rings. The molecule has 3 atom stereocenters. The van der Waals surface area contributed by atoms with Gasteiger partial charge in [0.1, 0.15) is 23.7 Å². The first kappa shape index (κ1) is 42.6. The van der Waals surface area contributed by atoms with Crippen molar-refractivity contribution in [2.75, 3.05) is 32.8 Å². The van der Waals surface area contributed by atoms with Crippen LogP contribution in [-0.4, -0.2) is 113 Å². The lowest BCUT2D eigenvalue weighted by atomic mass is 10.1. The van der Waals surface area contributed by atoms with Crippen LogP contribution < -0.4 is 32.2 Å². The van der Waals surface area contributed by atoms with E-state index in [1.807, 2.05) is 74.5 Å². The summed E-state index contributed by atoms with van der Waals surface area (Å²) in [5, 5.41) is 15.1. The molecule has 2 unspecified atom stereocenters. The van der Waals surface area contributed by atoms with Crippen molar-refractivity contribution in [3.05, 3.63) is 108 Å². The third kappa shape index (κ3) is 8.58. The number of nitrogens with one attached hydrogen (secondary N) is 3. The first-order valence-electron chi connectivity index (χ1n) is 18.8. The topological polar surface area (TPSA) is 230 Å². The molecule has 0 aliphatic carbocycles. The zero-order chi connectivity index (χ0) is 42.5. The van der Waals surface area contributed by atoms with E-state index < -0.39 is 78.5 Å². The number of carbonyl (C=O) groups is 7. The fourth-order valence-electron chi connectivity index (χ4n) is 7.46. The number of aliphatic carboxylic acids is 1. The van der Waals surface area contributed by atoms with Gasteiger partial charge in [0.15, 0.2) is 0 Å². The van der Waals surface area contributed by atoms with Gasteiger partial charge in [-0.1, -0.05) is 105 Å². The van der Waals surface area contributed by atoms with Gasteiger partial charge in [-0.3, -0.25) is 29.0 Å². The number of imide groups is 1. The van der Waals surface area contributed by atoms with Crippen LogP contribution in [0.4, 0.5) is 9.59 Å². The Morgan fingerprint density at radius 1 is 0.915 bits per heavy atom. The van der Waals surface area contributed by atoms with Gasteiger partial charge in [0.05, 0.1) is 11.8 Å². The molecule has 17 nitrogen and oxygen atoms in total. The molecule has 0 aromatic heterocycles. The van der Waals surface area contributed by atoms with Crippen LogP contribution >= 0.6 is 11.8 Å². The number of carboxylic acids is 1. The molecule has 3 heterocycles. The molecule has 0 bridgehead atoms. The van der Waals surface area contributed by atoms with Gasteiger partial charge in [-0.15, -0.1) is 11.8 Å². The number of benzene rings is 3. The summed E-state index contributed by atoms with van der Waals surface area (Å²) < 4.78 is 12.1. The summed E-state index contributed by atoms with van der Waals surface area (Å²) in [6, 6.07) is 25.1. The summed E-state index contributed by atoms with van der Waals surface area (Å²) >= 11 is 1.22. The minimum Gasteiger partial charge on any atom is -0.477 e. The lowest BCUT2D eigenvalue weighted by Gasteiger charge is -2.48. The number of nitrogens with zero attached hydrogens (tertiary/aromatic N) is 3. The van der Waals surface area contributed by atoms with Crippen molar-refractivity contribution in [1.29, 1.82) is 0 Å². The Labute approximate surface area is 345 Å². The fourth-order valence-corrected chi connectivity index (χ4v) is 13.3. The van der Waals surface area contributed by atoms with Gasteiger partial charge in [0, 0.05) is 36.8 Å². The second kappa shape index (κ2) is 17.9. The van der Waals surface area contributed by atoms with Crippen molar-refractivity contribution in [2.45, 2.75) is 49.0 Å². The lowest BCUT2D eigenvalue weighted by molar-refractivity contribution is -0.153. The normalized spacial score (nSPS) is 18.8. The van der Waals surface area contributed by atoms with Crippen molar-refractivity contribution < 1.29 is 47.9 Å². The first-order valence-corrected chi connectivity index (χ1v) is 21.7. The van der Waals surface area contributed by atoms with Gasteiger partial charge in [0.25, 0.3) is 8.32 Å². The number of hydrogen-bond acceptors (Lipinski definition) is 11. The number of likely N-dealkylation sites (N-methyl/N-ethyl adjacent to an activating group) is 1. The number of rotatable bonds is 15. The maximum absolute atomic E-state index is 14.3. The molecule has 7 amide bonds. The van der Waals surface area contributed by atoms with Crippen LogP contribution in [-0.2, 0) is 33.2 Å². The highest BCUT2D eigenvalue weighted by molar-refractivity contribution is 8.00. The van der Waals surface area contributed by atoms with Crippen molar-refractivity contribution >= 4 is 72.2 Å². The molecule has 0 spiro atoms. The van der Waals surface area contributed by atoms with E-state index in [1.54, 1.807) is 37.3 Å². The number of piperazine rings is 1. The number of ether oxygens (including phenoxy) is 1. The number of primary amides is 1. The van der Waals surface area contributed by atoms with Crippen LogP contribution in [0.15, 0.2) is 102 Å². The average molecular weight is 844 g/mol. The van der Waals surface area contributed by atoms with Gasteiger partial charge in [0.2, 0.25) is 11.8 Å². The van der Waals surface area contributed by atoms with Gasteiger partial charge < -0.3 is 35.6 Å². The Balaban J connectivity index is 1.34. The highest BCUT2D eigenvalue weighted by Gasteiger charge is 2.55. The van der Waals surface area contributed by atoms with E-state index in [1.165, 1.54) is 16.7 Å². The minimum absolute atomic E-state index is 0.0219. The maximum atomic E-state index is 14.3. The zero-order valence-electron chi connectivity index (χ0n) is 32.6. The van der Waals surface area contributed by atoms with Crippen LogP contribution in [0.3, 0.4) is 0 Å². The van der Waals surface area contributed by atoms with E-state index >= 15 is 0 Å². The quantitative estimate of drug-likeness (QED) is 0.0633. The summed E-state index contributed by atoms with van der Waals surface area (Å²) in [6.45, 7) is 5.45. The second-order valence-corrected chi connectivity index (χ2v) is 20.0. The third-order valence-electron chi connectivity index (χ3n) is 10.6. The van der Waals surface area contributed by atoms with Crippen LogP contribution in [0.5, 0.6) is 0 Å². The van der Waals surface area contributed by atoms with Crippen molar-refractivity contribution in [3.63, 3.8) is 0 Å². The van der Waals surface area contributed by atoms with Crippen molar-refractivity contribution in [1.82, 2.24) is 30.8 Å². The molecular formula is C40H45N7O10SSi. The predicted molar refractivity (Wildman–Crippen MR) is 218 cm³/mol. The molecule has 0 saturated carbocycles. The van der Waals surface area contributed by atoms with E-state index in [0.717, 1.165) is 20.2 Å². The largest absolute Gasteiger partial charge is 0.477 e. The van der Waals surface area contributed by atoms with Crippen LogP contribution in [0.1, 0.15) is 38.8 Å². The Kier molecular flexibility index (Phi) is 12.9. The van der Waals surface area contributed by atoms with Crippen molar-refractivity contribution in [3.8, 4) is 0 Å². The highest BCUT2D eigenvalue weighted by Crippen LogP contribution is 2.44. The van der Waals surface area contributed by atoms with Crippen LogP contribution in [0.25, 0.3) is 0 Å². The summed E-state index contributed by atoms with van der Waals surface area (Å²) in [4.78, 5) is 93.7. The fraction of sp³-hybridized carbons (Fsp3) is 0.325. The molecule has 6 N–H and O–H groups in total. The second-order valence-electron chi connectivity index (χ2n) is 14.6. The molecule has 3 aromatic carbocycles. The van der Waals surface area contributed by atoms with Gasteiger partial charge in [-0.05, 0) is 22.9 Å². The molecule has 3 aliphatic heterocycles. The standard InChI is InChI=1S/C40H45N7O10SSi/c1-4-45-20-21-46(36(51)35(45)50)39(55)43-31(25-14-8-5-9-15-25)33(49)42-24-40(2,3)59(26-16-10-6-11-17-26,27-18-12-7-13-19-27)57-44-34-28(23-56-38(41)54)32(37(52)53)47-29(48)22-30(47)58-34/h5-19,30-31,34,44H,4,20-24H2,1-3H3,(H2,41,54)(H,42,49)(H,43,55)(H,52,53)/t30-,31?,34?/m1/s1. The Morgan fingerprint density at radius 2 is 1.51 bits per heavy atom. The smallest absolute Gasteiger partial charge is 0.404 e. The number of carbonyl (C=O) groups excluding carboxylic acids is 6. The first-order chi connectivity index (χ1) is 28.2. The number of urea groups is 1. The van der Waals surface area contributed by atoms with E-state index in [4.69, 9.17) is 15.0 Å². The van der Waals surface area contributed by atoms with Crippen LogP contribution in [0.2, 0.25) is 5.04 Å². The number of nitrogens with two attached hydrogens (primary N) is 1. The van der Waals surface area contributed by atoms with E-state index in [-0.39, 0.29) is 37.3 Å². The predicted octanol–water partition coefficient (Wildman–Crippen LogP) is 1.37. The van der Waals surface area contributed by atoms with Gasteiger partial charge in [-0.2, -0.15) is 5.48 Å². The van der Waals surface area contributed by atoms with Crippen LogP contribution in [0, 0.1) is 0 Å². The Hall–Kier alpha value is -6.02. The van der Waals surface area contributed by atoms with Gasteiger partial charge in [-0.25, -0.2) is 14.4 Å². The van der Waals surface area contributed by atoms with Gasteiger partial charge >= 0.3 is 29.9 Å². The Morgan fingerprint density at radius 3 is 2.05 bits per heavy atom. The molecular weight excluding hydrogens is 799 g/mol. The number of thioether (sulfide) groups is 1. The summed E-state index contributed by atoms with van der Waals surface area (Å²) in [5.74, 6) is -4.18.